The summed E-state index contributed by atoms with van der Waals surface area (Å²) in [7, 11) is 0. The zero-order valence-electron chi connectivity index (χ0n) is 16.2. The summed E-state index contributed by atoms with van der Waals surface area (Å²) in [6.45, 7) is 1.44. The molecule has 1 aliphatic rings. The zero-order chi connectivity index (χ0) is 20.6. The fourth-order valence-electron chi connectivity index (χ4n) is 3.11. The molecule has 3 amide bonds. The summed E-state index contributed by atoms with van der Waals surface area (Å²) in [6, 6.07) is 7.24. The lowest BCUT2D eigenvalue weighted by atomic mass is 10.2. The summed E-state index contributed by atoms with van der Waals surface area (Å²) in [5.74, 6) is -0.0384. The molecule has 154 valence electrons. The molecule has 1 aromatic carbocycles. The average Bonchev–Trinajstić information content (AvgIpc) is 3.33. The van der Waals surface area contributed by atoms with Crippen LogP contribution < -0.4 is 16.0 Å². The van der Waals surface area contributed by atoms with E-state index in [9.17, 15) is 14.4 Å². The van der Waals surface area contributed by atoms with E-state index in [4.69, 9.17) is 0 Å². The Balaban J connectivity index is 1.41. The molecule has 2 aromatic rings. The van der Waals surface area contributed by atoms with Crippen molar-refractivity contribution in [2.45, 2.75) is 49.4 Å². The van der Waals surface area contributed by atoms with Gasteiger partial charge in [0.05, 0.1) is 17.9 Å². The largest absolute Gasteiger partial charge is 0.353 e. The molecule has 29 heavy (non-hydrogen) atoms. The van der Waals surface area contributed by atoms with E-state index >= 15 is 0 Å². The lowest BCUT2D eigenvalue weighted by molar-refractivity contribution is -0.121. The van der Waals surface area contributed by atoms with Crippen LogP contribution in [0.2, 0.25) is 0 Å². The van der Waals surface area contributed by atoms with E-state index in [2.05, 4.69) is 20.9 Å². The normalized spacial score (nSPS) is 13.8. The highest BCUT2D eigenvalue weighted by molar-refractivity contribution is 8.01. The third kappa shape index (κ3) is 7.17. The van der Waals surface area contributed by atoms with Gasteiger partial charge in [-0.15, -0.1) is 11.3 Å². The Kier molecular flexibility index (Phi) is 7.65. The minimum atomic E-state index is -0.142. The highest BCUT2D eigenvalue weighted by Crippen LogP contribution is 2.24. The monoisotopic (exact) mass is 432 g/mol. The topological polar surface area (TPSA) is 100 Å². The number of hydrogen-bond donors (Lipinski definition) is 3. The molecule has 0 unspecified atom stereocenters. The standard InChI is InChI=1S/C20H24N4O3S2/c1-13(25)21-15-6-8-16(9-7-15)23-19(27)12-29-20-24-17(11-28-20)10-18(26)22-14-4-2-3-5-14/h6-9,11,14H,2-5,10,12H2,1H3,(H,21,25)(H,22,26)(H,23,27). The number of carbonyl (C=O) groups excluding carboxylic acids is 3. The van der Waals surface area contributed by atoms with Crippen molar-refractivity contribution < 1.29 is 14.4 Å². The van der Waals surface area contributed by atoms with Crippen LogP contribution in [0.1, 0.15) is 38.3 Å². The Morgan fingerprint density at radius 1 is 1.07 bits per heavy atom. The summed E-state index contributed by atoms with van der Waals surface area (Å²) in [4.78, 5) is 39.7. The van der Waals surface area contributed by atoms with Crippen LogP contribution in [0.4, 0.5) is 11.4 Å². The van der Waals surface area contributed by atoms with E-state index in [1.165, 1.54) is 42.9 Å². The van der Waals surface area contributed by atoms with Crippen LogP contribution in [0.15, 0.2) is 34.0 Å². The first-order valence-electron chi connectivity index (χ1n) is 9.52. The van der Waals surface area contributed by atoms with Crippen molar-refractivity contribution in [1.29, 1.82) is 0 Å². The molecule has 0 saturated heterocycles. The zero-order valence-corrected chi connectivity index (χ0v) is 17.8. The van der Waals surface area contributed by atoms with E-state index in [0.29, 0.717) is 17.4 Å². The van der Waals surface area contributed by atoms with Gasteiger partial charge in [0, 0.05) is 29.7 Å². The van der Waals surface area contributed by atoms with E-state index in [1.807, 2.05) is 5.38 Å². The van der Waals surface area contributed by atoms with Crippen LogP contribution in [0, 0.1) is 0 Å². The van der Waals surface area contributed by atoms with Crippen molar-refractivity contribution >= 4 is 52.2 Å². The molecule has 3 N–H and O–H groups in total. The molecule has 0 spiro atoms. The first-order chi connectivity index (χ1) is 14.0. The maximum atomic E-state index is 12.1. The van der Waals surface area contributed by atoms with E-state index in [1.54, 1.807) is 24.3 Å². The van der Waals surface area contributed by atoms with Gasteiger partial charge in [0.2, 0.25) is 17.7 Å². The van der Waals surface area contributed by atoms with Gasteiger partial charge in [0.15, 0.2) is 4.34 Å². The smallest absolute Gasteiger partial charge is 0.234 e. The number of carbonyl (C=O) groups is 3. The summed E-state index contributed by atoms with van der Waals surface area (Å²) in [5, 5.41) is 10.4. The van der Waals surface area contributed by atoms with Crippen molar-refractivity contribution in [2.75, 3.05) is 16.4 Å². The number of nitrogens with one attached hydrogen (secondary N) is 3. The van der Waals surface area contributed by atoms with Crippen molar-refractivity contribution in [3.63, 3.8) is 0 Å². The Hall–Kier alpha value is -2.39. The van der Waals surface area contributed by atoms with Crippen molar-refractivity contribution in [3.05, 3.63) is 35.3 Å². The fourth-order valence-corrected chi connectivity index (χ4v) is 4.76. The molecule has 0 atom stereocenters. The first-order valence-corrected chi connectivity index (χ1v) is 11.4. The third-order valence-corrected chi connectivity index (χ3v) is 6.48. The molecule has 0 bridgehead atoms. The molecule has 9 heteroatoms. The lowest BCUT2D eigenvalue weighted by Gasteiger charge is -2.10. The van der Waals surface area contributed by atoms with Gasteiger partial charge >= 0.3 is 0 Å². The van der Waals surface area contributed by atoms with Gasteiger partial charge in [-0.3, -0.25) is 14.4 Å². The number of thiazole rings is 1. The van der Waals surface area contributed by atoms with Gasteiger partial charge in [-0.25, -0.2) is 4.98 Å². The quantitative estimate of drug-likeness (QED) is 0.555. The maximum absolute atomic E-state index is 12.1. The number of amides is 3. The van der Waals surface area contributed by atoms with Crippen LogP contribution in [0.5, 0.6) is 0 Å². The number of aromatic nitrogens is 1. The number of thioether (sulfide) groups is 1. The van der Waals surface area contributed by atoms with E-state index < -0.39 is 0 Å². The second kappa shape index (κ2) is 10.4. The molecule has 7 nitrogen and oxygen atoms in total. The van der Waals surface area contributed by atoms with Crippen LogP contribution >= 0.6 is 23.1 Å². The van der Waals surface area contributed by atoms with Crippen LogP contribution in [0.3, 0.4) is 0 Å². The van der Waals surface area contributed by atoms with Gasteiger partial charge < -0.3 is 16.0 Å². The molecule has 0 radical (unpaired) electrons. The Labute approximate surface area is 178 Å². The molecular formula is C20H24N4O3S2. The molecule has 3 rings (SSSR count). The van der Waals surface area contributed by atoms with Gasteiger partial charge in [0.25, 0.3) is 0 Å². The Bertz CT molecular complexity index is 861. The van der Waals surface area contributed by atoms with Crippen LogP contribution in [0.25, 0.3) is 0 Å². The third-order valence-electron chi connectivity index (χ3n) is 4.41. The highest BCUT2D eigenvalue weighted by atomic mass is 32.2. The van der Waals surface area contributed by atoms with Crippen molar-refractivity contribution in [2.24, 2.45) is 0 Å². The fraction of sp³-hybridized carbons (Fsp3) is 0.400. The minimum Gasteiger partial charge on any atom is -0.353 e. The van der Waals surface area contributed by atoms with Gasteiger partial charge in [0.1, 0.15) is 0 Å². The number of benzene rings is 1. The number of rotatable bonds is 8. The summed E-state index contributed by atoms with van der Waals surface area (Å²) < 4.78 is 0.768. The highest BCUT2D eigenvalue weighted by Gasteiger charge is 2.18. The van der Waals surface area contributed by atoms with Gasteiger partial charge in [-0.2, -0.15) is 0 Å². The minimum absolute atomic E-state index is 0.0132. The number of anilines is 2. The van der Waals surface area contributed by atoms with E-state index in [0.717, 1.165) is 22.9 Å². The van der Waals surface area contributed by atoms with Crippen molar-refractivity contribution in [3.8, 4) is 0 Å². The first kappa shape index (κ1) is 21.3. The molecule has 1 heterocycles. The van der Waals surface area contributed by atoms with Gasteiger partial charge in [-0.1, -0.05) is 24.6 Å². The SMILES string of the molecule is CC(=O)Nc1ccc(NC(=O)CSc2nc(CC(=O)NC3CCCC3)cs2)cc1. The molecular weight excluding hydrogens is 408 g/mol. The second-order valence-corrected chi connectivity index (χ2v) is 9.01. The van der Waals surface area contributed by atoms with Crippen molar-refractivity contribution in [1.82, 2.24) is 10.3 Å². The van der Waals surface area contributed by atoms with E-state index in [-0.39, 0.29) is 29.9 Å². The predicted molar refractivity (Wildman–Crippen MR) is 116 cm³/mol. The summed E-state index contributed by atoms with van der Waals surface area (Å²) in [6.07, 6.45) is 4.78. The second-order valence-electron chi connectivity index (χ2n) is 6.93. The molecule has 1 aliphatic carbocycles. The number of hydrogen-bond acceptors (Lipinski definition) is 6. The Morgan fingerprint density at radius 2 is 1.72 bits per heavy atom. The Morgan fingerprint density at radius 3 is 2.38 bits per heavy atom. The summed E-state index contributed by atoms with van der Waals surface area (Å²) >= 11 is 2.79. The van der Waals surface area contributed by atoms with Gasteiger partial charge in [-0.05, 0) is 37.1 Å². The average molecular weight is 433 g/mol. The predicted octanol–water partition coefficient (Wildman–Crippen LogP) is 3.43. The van der Waals surface area contributed by atoms with Crippen LogP contribution in [-0.4, -0.2) is 34.5 Å². The molecule has 1 saturated carbocycles. The maximum Gasteiger partial charge on any atom is 0.234 e. The molecule has 0 aliphatic heterocycles. The summed E-state index contributed by atoms with van der Waals surface area (Å²) in [5.41, 5.74) is 2.08. The molecule has 1 fully saturated rings. The number of nitrogens with zero attached hydrogens (tertiary/aromatic N) is 1. The molecule has 1 aromatic heterocycles. The lowest BCUT2D eigenvalue weighted by Crippen LogP contribution is -2.33. The van der Waals surface area contributed by atoms with Crippen LogP contribution in [-0.2, 0) is 20.8 Å².